The molecular weight excluding hydrogens is 244 g/mol. The van der Waals surface area contributed by atoms with Crippen molar-refractivity contribution in [2.45, 2.75) is 37.8 Å². The minimum Gasteiger partial charge on any atom is -0.480 e. The largest absolute Gasteiger partial charge is 0.480 e. The Bertz CT molecular complexity index is 260. The van der Waals surface area contributed by atoms with Crippen LogP contribution in [0.2, 0.25) is 0 Å². The Kier molecular flexibility index (Phi) is 8.27. The van der Waals surface area contributed by atoms with Crippen LogP contribution in [0, 0.1) is 0 Å². The number of carboxylic acids is 1. The summed E-state index contributed by atoms with van der Waals surface area (Å²) in [6.45, 7) is 1.80. The van der Waals surface area contributed by atoms with Crippen LogP contribution in [0.15, 0.2) is 0 Å². The van der Waals surface area contributed by atoms with Crippen LogP contribution in [-0.2, 0) is 14.3 Å². The Morgan fingerprint density at radius 1 is 1.22 bits per heavy atom. The zero-order valence-corrected chi connectivity index (χ0v) is 10.6. The maximum absolute atomic E-state index is 10.7. The minimum atomic E-state index is -0.720. The number of carbonyl (C=O) groups excluding carboxylic acids is 1. The third kappa shape index (κ3) is 5.44. The molecule has 0 aromatic carbocycles. The van der Waals surface area contributed by atoms with Gasteiger partial charge in [-0.2, -0.15) is 0 Å². The van der Waals surface area contributed by atoms with E-state index in [-0.39, 0.29) is 23.5 Å². The fourth-order valence-electron chi connectivity index (χ4n) is 1.92. The molecule has 2 rings (SSSR count). The molecule has 2 heterocycles. The molecule has 0 aromatic rings. The van der Waals surface area contributed by atoms with E-state index in [2.05, 4.69) is 15.4 Å². The number of ether oxygens (including phenoxy) is 1. The minimum absolute atomic E-state index is 0. The molecule has 106 valence electrons. The first-order valence-electron chi connectivity index (χ1n) is 5.92. The van der Waals surface area contributed by atoms with Gasteiger partial charge in [0.05, 0.1) is 7.11 Å². The highest BCUT2D eigenvalue weighted by Gasteiger charge is 2.22. The fourth-order valence-corrected chi connectivity index (χ4v) is 1.92. The van der Waals surface area contributed by atoms with Crippen molar-refractivity contribution >= 4 is 11.9 Å². The number of hydrogen-bond donors (Lipinski definition) is 3. The predicted octanol–water partition coefficient (Wildman–Crippen LogP) is -1.09. The molecule has 2 saturated heterocycles. The van der Waals surface area contributed by atoms with E-state index < -0.39 is 5.97 Å². The zero-order valence-electron chi connectivity index (χ0n) is 10.6. The van der Waals surface area contributed by atoms with Gasteiger partial charge in [0, 0.05) is 0 Å². The number of methoxy groups -OCH3 is 1. The number of carbonyl (C=O) groups is 2. The van der Waals surface area contributed by atoms with E-state index in [1.165, 1.54) is 7.11 Å². The lowest BCUT2D eigenvalue weighted by Crippen LogP contribution is -2.31. The SMILES string of the molecule is COC(=O)C1CCCN1.OC(=[18O])C1CCCN1.[18OH2]. The molecule has 0 bridgehead atoms. The van der Waals surface area contributed by atoms with Crippen molar-refractivity contribution in [1.29, 1.82) is 0 Å². The molecule has 2 aliphatic heterocycles. The van der Waals surface area contributed by atoms with Gasteiger partial charge in [-0.3, -0.25) is 9.59 Å². The third-order valence-corrected chi connectivity index (χ3v) is 2.90. The van der Waals surface area contributed by atoms with Crippen LogP contribution in [0.1, 0.15) is 25.7 Å². The standard InChI is InChI=1S/C6H11NO2.C5H9NO2.H2O/c1-9-6(8)5-3-2-4-7-5;7-5(8)4-2-1-3-6-4;/h5,7H,2-4H2,1H3;4,6H,1-3H2,(H,7,8);1H2/i;7+2;1+2. The lowest BCUT2D eigenvalue weighted by atomic mass is 10.2. The number of nitrogens with one attached hydrogen (secondary N) is 2. The van der Waals surface area contributed by atoms with Crippen LogP contribution in [0.5, 0.6) is 0 Å². The highest BCUT2D eigenvalue weighted by molar-refractivity contribution is 5.75. The van der Waals surface area contributed by atoms with Crippen molar-refractivity contribution < 1.29 is 24.9 Å². The van der Waals surface area contributed by atoms with E-state index in [9.17, 15) is 9.59 Å². The molecule has 2 atom stereocenters. The predicted molar refractivity (Wildman–Crippen MR) is 65.3 cm³/mol. The normalized spacial score (nSPS) is 25.6. The van der Waals surface area contributed by atoms with E-state index in [1.807, 2.05) is 0 Å². The molecule has 0 saturated carbocycles. The second-order valence-corrected chi connectivity index (χ2v) is 4.16. The Morgan fingerprint density at radius 2 is 1.72 bits per heavy atom. The van der Waals surface area contributed by atoms with Crippen LogP contribution in [0.4, 0.5) is 0 Å². The monoisotopic (exact) mass is 266 g/mol. The molecule has 2 unspecified atom stereocenters. The molecule has 0 amide bonds. The molecular formula is C11H22N2O5. The van der Waals surface area contributed by atoms with Gasteiger partial charge in [0.1, 0.15) is 12.1 Å². The van der Waals surface area contributed by atoms with Gasteiger partial charge in [0.2, 0.25) is 0 Å². The van der Waals surface area contributed by atoms with Gasteiger partial charge in [-0.1, -0.05) is 0 Å². The van der Waals surface area contributed by atoms with E-state index in [0.29, 0.717) is 0 Å². The van der Waals surface area contributed by atoms with E-state index in [0.717, 1.165) is 38.8 Å². The molecule has 2 aliphatic rings. The molecule has 5 N–H and O–H groups in total. The summed E-state index contributed by atoms with van der Waals surface area (Å²) >= 11 is 0. The van der Waals surface area contributed by atoms with Crippen LogP contribution in [0.25, 0.3) is 0 Å². The maximum Gasteiger partial charge on any atom is 0.322 e. The molecule has 2 fully saturated rings. The maximum atomic E-state index is 10.7. The van der Waals surface area contributed by atoms with E-state index >= 15 is 0 Å². The second kappa shape index (κ2) is 8.84. The summed E-state index contributed by atoms with van der Waals surface area (Å²) in [6.07, 6.45) is 3.79. The molecule has 7 heteroatoms. The number of carboxylic acid groups (broad SMARTS) is 1. The van der Waals surface area contributed by atoms with Crippen molar-refractivity contribution in [3.8, 4) is 0 Å². The fraction of sp³-hybridized carbons (Fsp3) is 0.818. The molecule has 18 heavy (non-hydrogen) atoms. The summed E-state index contributed by atoms with van der Waals surface area (Å²) < 4.78 is 4.53. The van der Waals surface area contributed by atoms with Gasteiger partial charge in [-0.05, 0) is 38.8 Å². The van der Waals surface area contributed by atoms with Crippen LogP contribution < -0.4 is 10.6 Å². The number of esters is 1. The highest BCUT2D eigenvalue weighted by Crippen LogP contribution is 2.05. The lowest BCUT2D eigenvalue weighted by Gasteiger charge is -2.04. The Hall–Kier alpha value is -1.18. The first kappa shape index (κ1) is 16.8. The van der Waals surface area contributed by atoms with Gasteiger partial charge in [-0.25, -0.2) is 0 Å². The molecule has 7 nitrogen and oxygen atoms in total. The van der Waals surface area contributed by atoms with Crippen molar-refractivity contribution in [2.75, 3.05) is 20.2 Å². The van der Waals surface area contributed by atoms with Gasteiger partial charge in [0.15, 0.2) is 0 Å². The molecule has 0 aromatic heterocycles. The van der Waals surface area contributed by atoms with Crippen LogP contribution in [-0.4, -0.2) is 54.8 Å². The average molecular weight is 266 g/mol. The summed E-state index contributed by atoms with van der Waals surface area (Å²) in [5.41, 5.74) is 0. The van der Waals surface area contributed by atoms with Gasteiger partial charge >= 0.3 is 11.9 Å². The van der Waals surface area contributed by atoms with Gasteiger partial charge in [0.25, 0.3) is 0 Å². The van der Waals surface area contributed by atoms with E-state index in [1.54, 1.807) is 0 Å². The number of aliphatic carboxylic acids is 1. The summed E-state index contributed by atoms with van der Waals surface area (Å²) in [6, 6.07) is -0.301. The topological polar surface area (TPSA) is 119 Å². The summed E-state index contributed by atoms with van der Waals surface area (Å²) in [4.78, 5) is 20.9. The van der Waals surface area contributed by atoms with Crippen molar-refractivity contribution in [3.05, 3.63) is 0 Å². The summed E-state index contributed by atoms with van der Waals surface area (Å²) in [7, 11) is 1.42. The summed E-state index contributed by atoms with van der Waals surface area (Å²) in [5, 5.41) is 14.2. The van der Waals surface area contributed by atoms with Crippen LogP contribution >= 0.6 is 0 Å². The molecule has 0 spiro atoms. The Labute approximate surface area is 106 Å². The quantitative estimate of drug-likeness (QED) is 0.431. The van der Waals surface area contributed by atoms with Crippen molar-refractivity contribution in [2.24, 2.45) is 0 Å². The number of rotatable bonds is 2. The second-order valence-electron chi connectivity index (χ2n) is 4.16. The first-order valence-corrected chi connectivity index (χ1v) is 5.92. The van der Waals surface area contributed by atoms with Crippen molar-refractivity contribution in [1.82, 2.24) is 10.6 Å². The Balaban J connectivity index is 0.000000306. The lowest BCUT2D eigenvalue weighted by molar-refractivity contribution is -0.142. The smallest absolute Gasteiger partial charge is 0.322 e. The molecule has 0 radical (unpaired) electrons. The highest BCUT2D eigenvalue weighted by atomic mass is 18.1. The Morgan fingerprint density at radius 3 is 2.00 bits per heavy atom. The third-order valence-electron chi connectivity index (χ3n) is 2.90. The average Bonchev–Trinajstić information content (AvgIpc) is 3.01. The van der Waals surface area contributed by atoms with Crippen LogP contribution in [0.3, 0.4) is 0 Å². The summed E-state index contributed by atoms with van der Waals surface area (Å²) in [5.74, 6) is -0.852. The zero-order chi connectivity index (χ0) is 12.7. The van der Waals surface area contributed by atoms with Crippen molar-refractivity contribution in [3.63, 3.8) is 0 Å². The molecule has 0 aliphatic carbocycles. The number of hydrogen-bond acceptors (Lipinski definition) is 5. The van der Waals surface area contributed by atoms with Gasteiger partial charge in [-0.15, -0.1) is 0 Å². The van der Waals surface area contributed by atoms with E-state index in [4.69, 9.17) is 5.11 Å². The first-order chi connectivity index (χ1) is 8.15. The van der Waals surface area contributed by atoms with Gasteiger partial charge < -0.3 is 26.0 Å².